The van der Waals surface area contributed by atoms with Gasteiger partial charge in [0.2, 0.25) is 0 Å². The topological polar surface area (TPSA) is 76.9 Å². The molecule has 0 unspecified atom stereocenters. The number of nitrogens with zero attached hydrogens (tertiary/aromatic N) is 1. The Labute approximate surface area is 122 Å². The predicted octanol–water partition coefficient (Wildman–Crippen LogP) is 3.34. The van der Waals surface area contributed by atoms with Gasteiger partial charge in [-0.25, -0.2) is 0 Å². The van der Waals surface area contributed by atoms with Gasteiger partial charge < -0.3 is 10.1 Å². The summed E-state index contributed by atoms with van der Waals surface area (Å²) in [4.78, 5) is 14.3. The van der Waals surface area contributed by atoms with Gasteiger partial charge in [0.15, 0.2) is 0 Å². The Bertz CT molecular complexity index is 762. The molecule has 0 saturated carbocycles. The fourth-order valence-corrected chi connectivity index (χ4v) is 2.49. The van der Waals surface area contributed by atoms with Crippen LogP contribution in [0.15, 0.2) is 27.5 Å². The van der Waals surface area contributed by atoms with Crippen LogP contribution < -0.4 is 5.56 Å². The van der Waals surface area contributed by atoms with Crippen molar-refractivity contribution >= 4 is 27.5 Å². The number of rotatable bonds is 1. The summed E-state index contributed by atoms with van der Waals surface area (Å²) in [5.41, 5.74) is 0.701. The highest BCUT2D eigenvalue weighted by atomic mass is 79.9. The van der Waals surface area contributed by atoms with Gasteiger partial charge in [-0.3, -0.25) is 4.79 Å². The van der Waals surface area contributed by atoms with E-state index in [1.807, 2.05) is 6.07 Å². The van der Waals surface area contributed by atoms with Gasteiger partial charge in [-0.05, 0) is 25.1 Å². The summed E-state index contributed by atoms with van der Waals surface area (Å²) < 4.78 is 0.552. The second-order valence-electron chi connectivity index (χ2n) is 3.93. The Hall–Kier alpha value is -1.77. The van der Waals surface area contributed by atoms with Crippen molar-refractivity contribution in [3.8, 4) is 22.9 Å². The highest BCUT2D eigenvalue weighted by Crippen LogP contribution is 2.41. The molecule has 2 rings (SSSR count). The number of phenols is 1. The zero-order chi connectivity index (χ0) is 14.2. The van der Waals surface area contributed by atoms with Gasteiger partial charge in [-0.2, -0.15) is 5.26 Å². The first-order chi connectivity index (χ1) is 8.95. The van der Waals surface area contributed by atoms with Crippen LogP contribution in [0.25, 0.3) is 11.1 Å². The van der Waals surface area contributed by atoms with E-state index in [9.17, 15) is 9.90 Å². The SMILES string of the molecule is Cc1cc(-c2c(Br)ccc(Cl)c2O)c(C#N)c(=O)[nH]1. The molecule has 6 heteroatoms. The Morgan fingerprint density at radius 3 is 2.79 bits per heavy atom. The molecule has 0 amide bonds. The summed E-state index contributed by atoms with van der Waals surface area (Å²) in [6.07, 6.45) is 0. The molecule has 0 aliphatic rings. The number of hydrogen-bond donors (Lipinski definition) is 2. The van der Waals surface area contributed by atoms with Crippen molar-refractivity contribution in [2.75, 3.05) is 0 Å². The quantitative estimate of drug-likeness (QED) is 0.836. The second kappa shape index (κ2) is 5.08. The first-order valence-electron chi connectivity index (χ1n) is 5.27. The molecule has 1 heterocycles. The third-order valence-electron chi connectivity index (χ3n) is 2.63. The van der Waals surface area contributed by atoms with Crippen LogP contribution in [0.5, 0.6) is 5.75 Å². The second-order valence-corrected chi connectivity index (χ2v) is 5.20. The fourth-order valence-electron chi connectivity index (χ4n) is 1.79. The van der Waals surface area contributed by atoms with E-state index in [2.05, 4.69) is 20.9 Å². The van der Waals surface area contributed by atoms with Crippen molar-refractivity contribution in [1.29, 1.82) is 5.26 Å². The van der Waals surface area contributed by atoms with E-state index in [1.54, 1.807) is 19.1 Å². The molecule has 4 nitrogen and oxygen atoms in total. The number of nitriles is 1. The molecule has 0 aliphatic heterocycles. The number of phenolic OH excluding ortho intramolecular Hbond substituents is 1. The van der Waals surface area contributed by atoms with Crippen LogP contribution in [0, 0.1) is 18.3 Å². The number of nitrogens with one attached hydrogen (secondary N) is 1. The minimum atomic E-state index is -0.497. The minimum Gasteiger partial charge on any atom is -0.506 e. The van der Waals surface area contributed by atoms with Gasteiger partial charge in [0.25, 0.3) is 5.56 Å². The molecule has 2 aromatic rings. The standard InChI is InChI=1S/C13H8BrClN2O2/c1-6-4-7(8(5-16)13(19)17-6)11-9(14)2-3-10(15)12(11)18/h2-4,18H,1H3,(H,17,19). The van der Waals surface area contributed by atoms with Crippen LogP contribution in [0.2, 0.25) is 5.02 Å². The Morgan fingerprint density at radius 2 is 2.16 bits per heavy atom. The molecular weight excluding hydrogens is 332 g/mol. The van der Waals surface area contributed by atoms with Gasteiger partial charge in [-0.1, -0.05) is 27.5 Å². The van der Waals surface area contributed by atoms with Gasteiger partial charge >= 0.3 is 0 Å². The third-order valence-corrected chi connectivity index (χ3v) is 3.59. The lowest BCUT2D eigenvalue weighted by Gasteiger charge is -2.11. The molecular formula is C13H8BrClN2O2. The van der Waals surface area contributed by atoms with Crippen molar-refractivity contribution in [1.82, 2.24) is 4.98 Å². The van der Waals surface area contributed by atoms with Crippen molar-refractivity contribution in [2.45, 2.75) is 6.92 Å². The number of aryl methyl sites for hydroxylation is 1. The van der Waals surface area contributed by atoms with E-state index in [0.717, 1.165) is 0 Å². The van der Waals surface area contributed by atoms with E-state index in [0.29, 0.717) is 21.3 Å². The van der Waals surface area contributed by atoms with Crippen molar-refractivity contribution in [3.05, 3.63) is 49.3 Å². The van der Waals surface area contributed by atoms with E-state index in [1.165, 1.54) is 6.07 Å². The summed E-state index contributed by atoms with van der Waals surface area (Å²) in [5.74, 6) is -0.169. The van der Waals surface area contributed by atoms with Gasteiger partial charge in [0.1, 0.15) is 17.4 Å². The first-order valence-corrected chi connectivity index (χ1v) is 6.44. The molecule has 0 aliphatic carbocycles. The van der Waals surface area contributed by atoms with Crippen molar-refractivity contribution < 1.29 is 5.11 Å². The maximum atomic E-state index is 11.8. The molecule has 0 saturated heterocycles. The minimum absolute atomic E-state index is 0.0659. The Balaban J connectivity index is 2.92. The van der Waals surface area contributed by atoms with E-state index in [-0.39, 0.29) is 16.3 Å². The number of benzene rings is 1. The van der Waals surface area contributed by atoms with E-state index >= 15 is 0 Å². The molecule has 0 bridgehead atoms. The summed E-state index contributed by atoms with van der Waals surface area (Å²) >= 11 is 9.16. The van der Waals surface area contributed by atoms with Crippen LogP contribution in [0.3, 0.4) is 0 Å². The third kappa shape index (κ3) is 2.37. The predicted molar refractivity (Wildman–Crippen MR) is 76.3 cm³/mol. The monoisotopic (exact) mass is 338 g/mol. The molecule has 0 fully saturated rings. The summed E-state index contributed by atoms with van der Waals surface area (Å²) in [6, 6.07) is 6.64. The zero-order valence-electron chi connectivity index (χ0n) is 9.79. The fraction of sp³-hybridized carbons (Fsp3) is 0.0769. The van der Waals surface area contributed by atoms with Gasteiger partial charge in [0, 0.05) is 21.3 Å². The molecule has 0 atom stereocenters. The van der Waals surface area contributed by atoms with Gasteiger partial charge in [0.05, 0.1) is 5.02 Å². The van der Waals surface area contributed by atoms with Crippen LogP contribution in [0.4, 0.5) is 0 Å². The first kappa shape index (κ1) is 13.7. The molecule has 1 aromatic carbocycles. The Kier molecular flexibility index (Phi) is 3.65. The number of aromatic amines is 1. The lowest BCUT2D eigenvalue weighted by Crippen LogP contribution is -2.12. The average molecular weight is 340 g/mol. The van der Waals surface area contributed by atoms with Crippen molar-refractivity contribution in [2.24, 2.45) is 0 Å². The normalized spacial score (nSPS) is 10.2. The molecule has 0 spiro atoms. The molecule has 96 valence electrons. The van der Waals surface area contributed by atoms with Crippen LogP contribution >= 0.6 is 27.5 Å². The number of hydrogen-bond acceptors (Lipinski definition) is 3. The van der Waals surface area contributed by atoms with Gasteiger partial charge in [-0.15, -0.1) is 0 Å². The van der Waals surface area contributed by atoms with Crippen LogP contribution in [-0.4, -0.2) is 10.1 Å². The molecule has 19 heavy (non-hydrogen) atoms. The van der Waals surface area contributed by atoms with Crippen LogP contribution in [0.1, 0.15) is 11.3 Å². The van der Waals surface area contributed by atoms with E-state index < -0.39 is 5.56 Å². The highest BCUT2D eigenvalue weighted by molar-refractivity contribution is 9.10. The maximum absolute atomic E-state index is 11.8. The summed E-state index contributed by atoms with van der Waals surface area (Å²) in [5, 5.41) is 19.3. The number of aromatic hydroxyl groups is 1. The zero-order valence-corrected chi connectivity index (χ0v) is 12.1. The average Bonchev–Trinajstić information content (AvgIpc) is 2.34. The van der Waals surface area contributed by atoms with Crippen LogP contribution in [-0.2, 0) is 0 Å². The number of pyridine rings is 1. The maximum Gasteiger partial charge on any atom is 0.266 e. The largest absolute Gasteiger partial charge is 0.506 e. The molecule has 2 N–H and O–H groups in total. The smallest absolute Gasteiger partial charge is 0.266 e. The lowest BCUT2D eigenvalue weighted by atomic mass is 10.00. The molecule has 1 aromatic heterocycles. The lowest BCUT2D eigenvalue weighted by molar-refractivity contribution is 0.477. The molecule has 0 radical (unpaired) electrons. The summed E-state index contributed by atoms with van der Waals surface area (Å²) in [6.45, 7) is 1.70. The van der Waals surface area contributed by atoms with E-state index in [4.69, 9.17) is 16.9 Å². The summed E-state index contributed by atoms with van der Waals surface area (Å²) in [7, 11) is 0. The number of halogens is 2. The Morgan fingerprint density at radius 1 is 1.47 bits per heavy atom. The number of H-pyrrole nitrogens is 1. The number of aromatic nitrogens is 1. The van der Waals surface area contributed by atoms with Crippen molar-refractivity contribution in [3.63, 3.8) is 0 Å². The highest BCUT2D eigenvalue weighted by Gasteiger charge is 2.18.